The molecule has 154 valence electrons. The van der Waals surface area contributed by atoms with E-state index in [9.17, 15) is 9.18 Å². The van der Waals surface area contributed by atoms with Gasteiger partial charge in [-0.2, -0.15) is 0 Å². The lowest BCUT2D eigenvalue weighted by molar-refractivity contribution is -0.120. The Kier molecular flexibility index (Phi) is 5.95. The number of benzene rings is 2. The minimum absolute atomic E-state index is 0.00437. The Bertz CT molecular complexity index is 1030. The van der Waals surface area contributed by atoms with Crippen LogP contribution in [0, 0.1) is 18.7 Å². The summed E-state index contributed by atoms with van der Waals surface area (Å²) in [5.74, 6) is 0.135. The van der Waals surface area contributed by atoms with Gasteiger partial charge in [0.2, 0.25) is 5.91 Å². The summed E-state index contributed by atoms with van der Waals surface area (Å²) in [7, 11) is 0. The highest BCUT2D eigenvalue weighted by atomic mass is 35.5. The number of carbonyl (C=O) groups excluding carboxylic acids is 1. The lowest BCUT2D eigenvalue weighted by Crippen LogP contribution is -2.38. The third-order valence-corrected chi connectivity index (χ3v) is 5.66. The molecule has 5 nitrogen and oxygen atoms in total. The Morgan fingerprint density at radius 2 is 1.80 bits per heavy atom. The van der Waals surface area contributed by atoms with E-state index in [1.165, 1.54) is 23.8 Å². The lowest BCUT2D eigenvalue weighted by atomic mass is 9.95. The second-order valence-electron chi connectivity index (χ2n) is 7.52. The van der Waals surface area contributed by atoms with E-state index < -0.39 is 5.82 Å². The van der Waals surface area contributed by atoms with Gasteiger partial charge < -0.3 is 10.2 Å². The summed E-state index contributed by atoms with van der Waals surface area (Å²) in [6, 6.07) is 16.3. The molecule has 1 aliphatic rings. The van der Waals surface area contributed by atoms with Crippen molar-refractivity contribution in [3.63, 3.8) is 0 Å². The van der Waals surface area contributed by atoms with Crippen LogP contribution in [0.15, 0.2) is 54.6 Å². The van der Waals surface area contributed by atoms with Gasteiger partial charge in [-0.1, -0.05) is 41.4 Å². The molecule has 0 spiro atoms. The molecule has 0 atom stereocenters. The summed E-state index contributed by atoms with van der Waals surface area (Å²) < 4.78 is 13.3. The van der Waals surface area contributed by atoms with E-state index in [0.717, 1.165) is 30.2 Å². The van der Waals surface area contributed by atoms with Crippen molar-refractivity contribution in [2.45, 2.75) is 19.8 Å². The minimum atomic E-state index is -0.502. The molecular formula is C23H22ClFN4O. The van der Waals surface area contributed by atoms with E-state index in [-0.39, 0.29) is 16.8 Å². The van der Waals surface area contributed by atoms with Crippen LogP contribution < -0.4 is 10.2 Å². The monoisotopic (exact) mass is 424 g/mol. The van der Waals surface area contributed by atoms with E-state index in [0.29, 0.717) is 18.5 Å². The molecule has 4 rings (SSSR count). The first kappa shape index (κ1) is 20.3. The van der Waals surface area contributed by atoms with E-state index >= 15 is 0 Å². The largest absolute Gasteiger partial charge is 0.355 e. The fourth-order valence-corrected chi connectivity index (χ4v) is 3.74. The van der Waals surface area contributed by atoms with Crippen LogP contribution in [0.1, 0.15) is 18.4 Å². The van der Waals surface area contributed by atoms with Crippen molar-refractivity contribution in [1.82, 2.24) is 10.2 Å². The summed E-state index contributed by atoms with van der Waals surface area (Å²) >= 11 is 5.78. The van der Waals surface area contributed by atoms with Gasteiger partial charge in [0.15, 0.2) is 5.82 Å². The third kappa shape index (κ3) is 4.60. The van der Waals surface area contributed by atoms with Crippen molar-refractivity contribution in [3.05, 3.63) is 71.0 Å². The Morgan fingerprint density at radius 1 is 1.07 bits per heavy atom. The van der Waals surface area contributed by atoms with E-state index in [1.807, 2.05) is 24.3 Å². The fourth-order valence-electron chi connectivity index (χ4n) is 3.56. The van der Waals surface area contributed by atoms with Gasteiger partial charge in [0.25, 0.3) is 0 Å². The van der Waals surface area contributed by atoms with E-state index in [2.05, 4.69) is 39.5 Å². The number of rotatable bonds is 4. The third-order valence-electron chi connectivity index (χ3n) is 5.37. The molecule has 0 bridgehead atoms. The highest BCUT2D eigenvalue weighted by Crippen LogP contribution is 2.25. The number of hydrogen-bond acceptors (Lipinski definition) is 4. The Morgan fingerprint density at radius 3 is 2.43 bits per heavy atom. The molecule has 0 radical (unpaired) electrons. The van der Waals surface area contributed by atoms with Gasteiger partial charge in [0.1, 0.15) is 5.82 Å². The van der Waals surface area contributed by atoms with Crippen LogP contribution in [-0.2, 0) is 4.79 Å². The number of nitrogens with one attached hydrogen (secondary N) is 1. The van der Waals surface area contributed by atoms with Gasteiger partial charge in [-0.15, -0.1) is 10.2 Å². The molecule has 0 aliphatic carbocycles. The minimum Gasteiger partial charge on any atom is -0.355 e. The summed E-state index contributed by atoms with van der Waals surface area (Å²) in [5, 5.41) is 11.6. The SMILES string of the molecule is Cc1ccc(-c2ccc(N3CCC(C(=O)Nc4ccc(F)c(Cl)c4)CC3)nn2)cc1. The Hall–Kier alpha value is -2.99. The average molecular weight is 425 g/mol. The fraction of sp³-hybridized carbons (Fsp3) is 0.261. The number of piperidine rings is 1. The van der Waals surface area contributed by atoms with Gasteiger partial charge in [0, 0.05) is 30.3 Å². The zero-order valence-electron chi connectivity index (χ0n) is 16.6. The standard InChI is InChI=1S/C23H22ClFN4O/c1-15-2-4-16(5-3-15)21-8-9-22(28-27-21)29-12-10-17(11-13-29)23(30)26-18-6-7-20(25)19(24)14-18/h2-9,14,17H,10-13H2,1H3,(H,26,30). The van der Waals surface area contributed by atoms with Crippen molar-refractivity contribution >= 4 is 29.0 Å². The Balaban J connectivity index is 1.34. The van der Waals surface area contributed by atoms with Gasteiger partial charge >= 0.3 is 0 Å². The molecule has 2 heterocycles. The molecule has 2 aromatic carbocycles. The molecule has 7 heteroatoms. The summed E-state index contributed by atoms with van der Waals surface area (Å²) in [4.78, 5) is 14.7. The number of hydrogen-bond donors (Lipinski definition) is 1. The first-order valence-electron chi connectivity index (χ1n) is 9.91. The number of aromatic nitrogens is 2. The summed E-state index contributed by atoms with van der Waals surface area (Å²) in [5.41, 5.74) is 3.59. The van der Waals surface area contributed by atoms with Crippen molar-refractivity contribution in [1.29, 1.82) is 0 Å². The van der Waals surface area contributed by atoms with Crippen molar-refractivity contribution < 1.29 is 9.18 Å². The van der Waals surface area contributed by atoms with E-state index in [4.69, 9.17) is 11.6 Å². The molecule has 0 unspecified atom stereocenters. The van der Waals surface area contributed by atoms with Crippen LogP contribution in [0.3, 0.4) is 0 Å². The van der Waals surface area contributed by atoms with Crippen LogP contribution in [0.4, 0.5) is 15.9 Å². The number of nitrogens with zero attached hydrogens (tertiary/aromatic N) is 3. The second-order valence-corrected chi connectivity index (χ2v) is 7.93. The molecule has 1 N–H and O–H groups in total. The topological polar surface area (TPSA) is 58.1 Å². The molecule has 0 saturated carbocycles. The first-order valence-corrected chi connectivity index (χ1v) is 10.3. The molecule has 30 heavy (non-hydrogen) atoms. The number of anilines is 2. The number of halogens is 2. The maximum absolute atomic E-state index is 13.3. The number of aryl methyl sites for hydroxylation is 1. The smallest absolute Gasteiger partial charge is 0.227 e. The van der Waals surface area contributed by atoms with Crippen LogP contribution in [-0.4, -0.2) is 29.2 Å². The zero-order chi connectivity index (χ0) is 21.1. The molecule has 1 amide bonds. The predicted octanol–water partition coefficient (Wildman–Crippen LogP) is 5.10. The second kappa shape index (κ2) is 8.79. The van der Waals surface area contributed by atoms with Crippen LogP contribution in [0.5, 0.6) is 0 Å². The average Bonchev–Trinajstić information content (AvgIpc) is 2.77. The molecule has 1 saturated heterocycles. The molecule has 1 fully saturated rings. The normalized spacial score (nSPS) is 14.6. The van der Waals surface area contributed by atoms with Crippen LogP contribution in [0.25, 0.3) is 11.3 Å². The maximum Gasteiger partial charge on any atom is 0.227 e. The number of amides is 1. The molecule has 1 aliphatic heterocycles. The van der Waals surface area contributed by atoms with Gasteiger partial charge in [-0.25, -0.2) is 4.39 Å². The predicted molar refractivity (Wildman–Crippen MR) is 117 cm³/mol. The first-order chi connectivity index (χ1) is 14.5. The van der Waals surface area contributed by atoms with E-state index in [1.54, 1.807) is 0 Å². The van der Waals surface area contributed by atoms with Crippen molar-refractivity contribution in [2.75, 3.05) is 23.3 Å². The maximum atomic E-state index is 13.3. The van der Waals surface area contributed by atoms with Gasteiger partial charge in [0.05, 0.1) is 10.7 Å². The molecular weight excluding hydrogens is 403 g/mol. The lowest BCUT2D eigenvalue weighted by Gasteiger charge is -2.31. The highest BCUT2D eigenvalue weighted by Gasteiger charge is 2.26. The number of carbonyl (C=O) groups is 1. The van der Waals surface area contributed by atoms with Crippen molar-refractivity contribution in [2.24, 2.45) is 5.92 Å². The van der Waals surface area contributed by atoms with Crippen LogP contribution >= 0.6 is 11.6 Å². The van der Waals surface area contributed by atoms with Gasteiger partial charge in [-0.3, -0.25) is 4.79 Å². The summed E-state index contributed by atoms with van der Waals surface area (Å²) in [6.07, 6.45) is 1.42. The molecule has 3 aromatic rings. The highest BCUT2D eigenvalue weighted by molar-refractivity contribution is 6.31. The zero-order valence-corrected chi connectivity index (χ0v) is 17.4. The van der Waals surface area contributed by atoms with Crippen LogP contribution in [0.2, 0.25) is 5.02 Å². The molecule has 1 aromatic heterocycles. The van der Waals surface area contributed by atoms with Gasteiger partial charge in [-0.05, 0) is 50.1 Å². The quantitative estimate of drug-likeness (QED) is 0.633. The summed E-state index contributed by atoms with van der Waals surface area (Å²) in [6.45, 7) is 3.50. The Labute approximate surface area is 179 Å². The van der Waals surface area contributed by atoms with Crippen molar-refractivity contribution in [3.8, 4) is 11.3 Å².